The van der Waals surface area contributed by atoms with Crippen molar-refractivity contribution in [2.24, 2.45) is 0 Å². The fourth-order valence-corrected chi connectivity index (χ4v) is 1.46. The molecule has 78 valence electrons. The van der Waals surface area contributed by atoms with Crippen molar-refractivity contribution in [3.63, 3.8) is 0 Å². The average Bonchev–Trinajstić information content (AvgIpc) is 2.19. The van der Waals surface area contributed by atoms with Gasteiger partial charge in [0, 0.05) is 11.6 Å². The second-order valence-corrected chi connectivity index (χ2v) is 3.11. The molecule has 0 unspecified atom stereocenters. The van der Waals surface area contributed by atoms with Gasteiger partial charge >= 0.3 is 0 Å². The van der Waals surface area contributed by atoms with E-state index >= 15 is 0 Å². The fourth-order valence-electron chi connectivity index (χ4n) is 1.46. The van der Waals surface area contributed by atoms with Gasteiger partial charge in [-0.15, -0.1) is 0 Å². The Kier molecular flexibility index (Phi) is 2.90. The molecule has 0 heterocycles. The monoisotopic (exact) mass is 206 g/mol. The Morgan fingerprint density at radius 3 is 2.53 bits per heavy atom. The van der Waals surface area contributed by atoms with Gasteiger partial charge in [0.15, 0.2) is 0 Å². The molecule has 5 nitrogen and oxygen atoms in total. The zero-order valence-corrected chi connectivity index (χ0v) is 8.70. The van der Waals surface area contributed by atoms with Crippen LogP contribution in [-0.4, -0.2) is 12.0 Å². The molecule has 5 heteroatoms. The summed E-state index contributed by atoms with van der Waals surface area (Å²) in [6.45, 7) is 3.21. The number of nitro groups is 1. The van der Waals surface area contributed by atoms with Crippen LogP contribution in [0.1, 0.15) is 16.7 Å². The van der Waals surface area contributed by atoms with E-state index in [1.165, 1.54) is 13.2 Å². The molecule has 0 saturated heterocycles. The summed E-state index contributed by atoms with van der Waals surface area (Å²) in [7, 11) is 1.44. The summed E-state index contributed by atoms with van der Waals surface area (Å²) in [6, 6.07) is 3.33. The quantitative estimate of drug-likeness (QED) is 0.548. The highest BCUT2D eigenvalue weighted by Crippen LogP contribution is 2.32. The summed E-state index contributed by atoms with van der Waals surface area (Å²) in [5.41, 5.74) is 1.10. The molecule has 0 fully saturated rings. The van der Waals surface area contributed by atoms with Gasteiger partial charge in [-0.3, -0.25) is 10.1 Å². The molecule has 0 radical (unpaired) electrons. The van der Waals surface area contributed by atoms with Crippen LogP contribution in [0.5, 0.6) is 5.75 Å². The van der Waals surface area contributed by atoms with Gasteiger partial charge in [-0.2, -0.15) is 5.26 Å². The lowest BCUT2D eigenvalue weighted by molar-refractivity contribution is -0.385. The number of hydrogen-bond donors (Lipinski definition) is 0. The van der Waals surface area contributed by atoms with Crippen LogP contribution in [0.3, 0.4) is 0 Å². The van der Waals surface area contributed by atoms with Crippen LogP contribution < -0.4 is 4.74 Å². The Hall–Kier alpha value is -2.09. The molecule has 0 N–H and O–H groups in total. The first-order valence-corrected chi connectivity index (χ1v) is 4.25. The SMILES string of the molecule is COc1c(C)cc([N+](=O)[O-])c(C)c1C#N. The zero-order chi connectivity index (χ0) is 11.6. The number of nitrogens with zero attached hydrogens (tertiary/aromatic N) is 2. The number of benzene rings is 1. The first-order valence-electron chi connectivity index (χ1n) is 4.25. The molecule has 0 amide bonds. The van der Waals surface area contributed by atoms with Crippen molar-refractivity contribution in [1.29, 1.82) is 5.26 Å². The van der Waals surface area contributed by atoms with Crippen molar-refractivity contribution >= 4 is 5.69 Å². The van der Waals surface area contributed by atoms with Gasteiger partial charge in [0.2, 0.25) is 0 Å². The molecule has 0 aliphatic heterocycles. The molecular formula is C10H10N2O3. The first kappa shape index (κ1) is 11.0. The molecule has 0 aromatic heterocycles. The lowest BCUT2D eigenvalue weighted by Crippen LogP contribution is -1.99. The molecule has 0 atom stereocenters. The van der Waals surface area contributed by atoms with E-state index in [1.54, 1.807) is 13.8 Å². The third-order valence-corrected chi connectivity index (χ3v) is 2.21. The molecule has 0 bridgehead atoms. The molecule has 1 rings (SSSR count). The number of hydrogen-bond acceptors (Lipinski definition) is 4. The molecule has 1 aromatic rings. The first-order chi connectivity index (χ1) is 7.02. The minimum atomic E-state index is -0.497. The summed E-state index contributed by atoms with van der Waals surface area (Å²) in [6.07, 6.45) is 0. The van der Waals surface area contributed by atoms with Gasteiger partial charge < -0.3 is 4.74 Å². The molecule has 1 aromatic carbocycles. The Labute approximate surface area is 87.1 Å². The van der Waals surface area contributed by atoms with Gasteiger partial charge in [-0.1, -0.05) is 0 Å². The Morgan fingerprint density at radius 2 is 2.13 bits per heavy atom. The van der Waals surface area contributed by atoms with Crippen LogP contribution in [0.4, 0.5) is 5.69 Å². The summed E-state index contributed by atoms with van der Waals surface area (Å²) < 4.78 is 5.04. The Morgan fingerprint density at radius 1 is 1.53 bits per heavy atom. The predicted molar refractivity (Wildman–Crippen MR) is 53.8 cm³/mol. The van der Waals surface area contributed by atoms with Crippen LogP contribution >= 0.6 is 0 Å². The molecular weight excluding hydrogens is 196 g/mol. The fraction of sp³-hybridized carbons (Fsp3) is 0.300. The predicted octanol–water partition coefficient (Wildman–Crippen LogP) is 2.09. The van der Waals surface area contributed by atoms with Gasteiger partial charge in [0.05, 0.1) is 12.0 Å². The maximum atomic E-state index is 10.7. The number of rotatable bonds is 2. The minimum absolute atomic E-state index is 0.0511. The maximum absolute atomic E-state index is 10.7. The van der Waals surface area contributed by atoms with E-state index in [2.05, 4.69) is 0 Å². The number of aryl methyl sites for hydroxylation is 1. The van der Waals surface area contributed by atoms with Crippen molar-refractivity contribution in [3.05, 3.63) is 32.9 Å². The third kappa shape index (κ3) is 1.74. The normalized spacial score (nSPS) is 9.47. The van der Waals surface area contributed by atoms with E-state index in [0.717, 1.165) is 0 Å². The largest absolute Gasteiger partial charge is 0.495 e. The Balaban J connectivity index is 3.61. The van der Waals surface area contributed by atoms with Crippen LogP contribution in [0, 0.1) is 35.3 Å². The van der Waals surface area contributed by atoms with Crippen LogP contribution in [0.2, 0.25) is 0 Å². The standard InChI is InChI=1S/C10H10N2O3/c1-6-4-9(12(13)14)7(2)8(5-11)10(6)15-3/h4H,1-3H3. The lowest BCUT2D eigenvalue weighted by atomic mass is 10.0. The van der Waals surface area contributed by atoms with Gasteiger partial charge in [-0.05, 0) is 19.4 Å². The van der Waals surface area contributed by atoms with E-state index in [0.29, 0.717) is 16.9 Å². The smallest absolute Gasteiger partial charge is 0.274 e. The van der Waals surface area contributed by atoms with Crippen molar-refractivity contribution < 1.29 is 9.66 Å². The summed E-state index contributed by atoms with van der Waals surface area (Å²) >= 11 is 0. The van der Waals surface area contributed by atoms with Crippen molar-refractivity contribution in [1.82, 2.24) is 0 Å². The van der Waals surface area contributed by atoms with Crippen LogP contribution in [-0.2, 0) is 0 Å². The average molecular weight is 206 g/mol. The molecule has 0 aliphatic carbocycles. The van der Waals surface area contributed by atoms with E-state index < -0.39 is 4.92 Å². The van der Waals surface area contributed by atoms with E-state index in [1.807, 2.05) is 6.07 Å². The third-order valence-electron chi connectivity index (χ3n) is 2.21. The van der Waals surface area contributed by atoms with Crippen LogP contribution in [0.15, 0.2) is 6.07 Å². The number of ether oxygens (including phenoxy) is 1. The van der Waals surface area contributed by atoms with Crippen LogP contribution in [0.25, 0.3) is 0 Å². The van der Waals surface area contributed by atoms with Crippen molar-refractivity contribution in [3.8, 4) is 11.8 Å². The topological polar surface area (TPSA) is 76.2 Å². The Bertz CT molecular complexity index is 461. The summed E-state index contributed by atoms with van der Waals surface area (Å²) in [4.78, 5) is 10.2. The van der Waals surface area contributed by atoms with Gasteiger partial charge in [0.1, 0.15) is 17.4 Å². The second kappa shape index (κ2) is 3.96. The van der Waals surface area contributed by atoms with Crippen molar-refractivity contribution in [2.75, 3.05) is 7.11 Å². The summed E-state index contributed by atoms with van der Waals surface area (Å²) in [5.74, 6) is 0.403. The molecule has 0 aliphatic rings. The maximum Gasteiger partial charge on any atom is 0.274 e. The number of nitro benzene ring substituents is 1. The lowest BCUT2D eigenvalue weighted by Gasteiger charge is -2.09. The molecule has 0 saturated carbocycles. The van der Waals surface area contributed by atoms with E-state index in [-0.39, 0.29) is 11.3 Å². The van der Waals surface area contributed by atoms with E-state index in [4.69, 9.17) is 10.00 Å². The highest BCUT2D eigenvalue weighted by molar-refractivity contribution is 5.60. The summed E-state index contributed by atoms with van der Waals surface area (Å²) in [5, 5.41) is 19.6. The number of nitriles is 1. The molecule has 15 heavy (non-hydrogen) atoms. The van der Waals surface area contributed by atoms with Gasteiger partial charge in [0.25, 0.3) is 5.69 Å². The second-order valence-electron chi connectivity index (χ2n) is 3.11. The van der Waals surface area contributed by atoms with Crippen molar-refractivity contribution in [2.45, 2.75) is 13.8 Å². The van der Waals surface area contributed by atoms with E-state index in [9.17, 15) is 10.1 Å². The minimum Gasteiger partial charge on any atom is -0.495 e. The highest BCUT2D eigenvalue weighted by atomic mass is 16.6. The number of methoxy groups -OCH3 is 1. The molecule has 0 spiro atoms. The highest BCUT2D eigenvalue weighted by Gasteiger charge is 2.20. The van der Waals surface area contributed by atoms with Gasteiger partial charge in [-0.25, -0.2) is 0 Å². The zero-order valence-electron chi connectivity index (χ0n) is 8.70.